The zero-order valence-electron chi connectivity index (χ0n) is 9.13. The summed E-state index contributed by atoms with van der Waals surface area (Å²) in [6, 6.07) is 5.17. The fourth-order valence-corrected chi connectivity index (χ4v) is 2.39. The van der Waals surface area contributed by atoms with Gasteiger partial charge in [-0.25, -0.2) is 4.39 Å². The largest absolute Gasteiger partial charge is 0.328 e. The van der Waals surface area contributed by atoms with Crippen molar-refractivity contribution in [1.82, 2.24) is 4.90 Å². The molecule has 1 aromatic carbocycles. The van der Waals surface area contributed by atoms with E-state index < -0.39 is 0 Å². The van der Waals surface area contributed by atoms with Crippen molar-refractivity contribution in [1.29, 1.82) is 0 Å². The lowest BCUT2D eigenvalue weighted by Gasteiger charge is -2.30. The molecule has 2 nitrogen and oxygen atoms in total. The number of halogens is 2. The minimum atomic E-state index is -0.174. The molecule has 2 N–H and O–H groups in total. The Balaban J connectivity index is 2.00. The Bertz CT molecular complexity index is 362. The summed E-state index contributed by atoms with van der Waals surface area (Å²) in [4.78, 5) is 2.32. The van der Waals surface area contributed by atoms with E-state index in [0.717, 1.165) is 42.5 Å². The lowest BCUT2D eigenvalue weighted by molar-refractivity contribution is 0.205. The van der Waals surface area contributed by atoms with E-state index in [1.807, 2.05) is 0 Å². The molecular formula is C12H16BrFN2. The maximum atomic E-state index is 13.1. The van der Waals surface area contributed by atoms with Crippen LogP contribution in [-0.2, 0) is 6.54 Å². The highest BCUT2D eigenvalue weighted by molar-refractivity contribution is 9.10. The molecule has 4 heteroatoms. The molecule has 2 rings (SSSR count). The molecule has 0 atom stereocenters. The molecular weight excluding hydrogens is 271 g/mol. The van der Waals surface area contributed by atoms with Gasteiger partial charge < -0.3 is 5.73 Å². The molecule has 1 heterocycles. The highest BCUT2D eigenvalue weighted by atomic mass is 79.9. The van der Waals surface area contributed by atoms with Crippen molar-refractivity contribution >= 4 is 15.9 Å². The summed E-state index contributed by atoms with van der Waals surface area (Å²) in [5.74, 6) is -0.174. The first-order chi connectivity index (χ1) is 7.65. The first kappa shape index (κ1) is 12.0. The van der Waals surface area contributed by atoms with E-state index in [-0.39, 0.29) is 5.82 Å². The normalized spacial score (nSPS) is 18.9. The van der Waals surface area contributed by atoms with Crippen molar-refractivity contribution in [3.05, 3.63) is 34.1 Å². The molecule has 0 amide bonds. The minimum Gasteiger partial charge on any atom is -0.328 e. The third kappa shape index (κ3) is 3.03. The number of benzene rings is 1. The molecule has 16 heavy (non-hydrogen) atoms. The van der Waals surface area contributed by atoms with Gasteiger partial charge in [-0.15, -0.1) is 0 Å². The summed E-state index contributed by atoms with van der Waals surface area (Å²) >= 11 is 3.45. The van der Waals surface area contributed by atoms with E-state index in [4.69, 9.17) is 5.73 Å². The second-order valence-corrected chi connectivity index (χ2v) is 5.20. The van der Waals surface area contributed by atoms with E-state index >= 15 is 0 Å². The molecule has 1 aliphatic heterocycles. The van der Waals surface area contributed by atoms with Crippen LogP contribution in [0.2, 0.25) is 0 Å². The van der Waals surface area contributed by atoms with Gasteiger partial charge in [-0.1, -0.05) is 15.9 Å². The van der Waals surface area contributed by atoms with E-state index in [1.54, 1.807) is 12.1 Å². The Hall–Kier alpha value is -0.450. The molecule has 88 valence electrons. The fourth-order valence-electron chi connectivity index (χ4n) is 2.02. The van der Waals surface area contributed by atoms with E-state index in [1.165, 1.54) is 6.07 Å². The van der Waals surface area contributed by atoms with Gasteiger partial charge in [-0.05, 0) is 49.7 Å². The number of hydrogen-bond donors (Lipinski definition) is 1. The van der Waals surface area contributed by atoms with Crippen LogP contribution in [0.4, 0.5) is 4.39 Å². The summed E-state index contributed by atoms with van der Waals surface area (Å²) in [5.41, 5.74) is 6.86. The van der Waals surface area contributed by atoms with Crippen LogP contribution in [0.3, 0.4) is 0 Å². The highest BCUT2D eigenvalue weighted by Gasteiger charge is 2.16. The van der Waals surface area contributed by atoms with Gasteiger partial charge in [0, 0.05) is 17.1 Å². The number of nitrogens with two attached hydrogens (primary N) is 1. The van der Waals surface area contributed by atoms with Crippen molar-refractivity contribution in [2.24, 2.45) is 5.73 Å². The highest BCUT2D eigenvalue weighted by Crippen LogP contribution is 2.21. The monoisotopic (exact) mass is 286 g/mol. The predicted octanol–water partition coefficient (Wildman–Crippen LogP) is 2.51. The van der Waals surface area contributed by atoms with Crippen LogP contribution < -0.4 is 5.73 Å². The van der Waals surface area contributed by atoms with Crippen molar-refractivity contribution in [3.8, 4) is 0 Å². The van der Waals surface area contributed by atoms with Crippen LogP contribution >= 0.6 is 15.9 Å². The van der Waals surface area contributed by atoms with Crippen LogP contribution in [0, 0.1) is 5.82 Å². The smallest absolute Gasteiger partial charge is 0.123 e. The van der Waals surface area contributed by atoms with Gasteiger partial charge >= 0.3 is 0 Å². The van der Waals surface area contributed by atoms with Gasteiger partial charge in [-0.3, -0.25) is 4.90 Å². The molecule has 1 fully saturated rings. The fraction of sp³-hybridized carbons (Fsp3) is 0.500. The second kappa shape index (κ2) is 5.25. The van der Waals surface area contributed by atoms with Gasteiger partial charge in [0.25, 0.3) is 0 Å². The molecule has 1 aliphatic rings. The van der Waals surface area contributed by atoms with Crippen LogP contribution in [0.25, 0.3) is 0 Å². The van der Waals surface area contributed by atoms with Crippen molar-refractivity contribution in [2.45, 2.75) is 25.4 Å². The molecule has 1 saturated heterocycles. The molecule has 0 aromatic heterocycles. The second-order valence-electron chi connectivity index (χ2n) is 4.35. The summed E-state index contributed by atoms with van der Waals surface area (Å²) < 4.78 is 14.1. The summed E-state index contributed by atoms with van der Waals surface area (Å²) in [6.45, 7) is 2.80. The zero-order valence-corrected chi connectivity index (χ0v) is 10.7. The van der Waals surface area contributed by atoms with E-state index in [9.17, 15) is 4.39 Å². The number of likely N-dealkylation sites (tertiary alicyclic amines) is 1. The topological polar surface area (TPSA) is 29.3 Å². The third-order valence-electron chi connectivity index (χ3n) is 3.03. The lowest BCUT2D eigenvalue weighted by Crippen LogP contribution is -2.39. The number of nitrogens with zero attached hydrogens (tertiary/aromatic N) is 1. The quantitative estimate of drug-likeness (QED) is 0.905. The number of hydrogen-bond acceptors (Lipinski definition) is 2. The standard InChI is InChI=1S/C12H16BrFN2/c13-12-2-1-10(14)7-9(12)8-16-5-3-11(15)4-6-16/h1-2,7,11H,3-6,8,15H2. The molecule has 0 spiro atoms. The van der Waals surface area contributed by atoms with Gasteiger partial charge in [0.2, 0.25) is 0 Å². The Morgan fingerprint density at radius 3 is 2.75 bits per heavy atom. The Labute approximate surface area is 104 Å². The summed E-state index contributed by atoms with van der Waals surface area (Å²) in [6.07, 6.45) is 2.07. The first-order valence-corrected chi connectivity index (χ1v) is 6.36. The van der Waals surface area contributed by atoms with Crippen LogP contribution in [0.15, 0.2) is 22.7 Å². The van der Waals surface area contributed by atoms with Crippen molar-refractivity contribution in [3.63, 3.8) is 0 Å². The molecule has 0 radical (unpaired) electrons. The maximum absolute atomic E-state index is 13.1. The van der Waals surface area contributed by atoms with Gasteiger partial charge in [0.1, 0.15) is 5.82 Å². The molecule has 0 unspecified atom stereocenters. The SMILES string of the molecule is NC1CCN(Cc2cc(F)ccc2Br)CC1. The number of piperidine rings is 1. The van der Waals surface area contributed by atoms with Crippen LogP contribution in [-0.4, -0.2) is 24.0 Å². The molecule has 0 aliphatic carbocycles. The first-order valence-electron chi connectivity index (χ1n) is 5.57. The minimum absolute atomic E-state index is 0.174. The number of rotatable bonds is 2. The van der Waals surface area contributed by atoms with Crippen molar-refractivity contribution < 1.29 is 4.39 Å². The molecule has 1 aromatic rings. The van der Waals surface area contributed by atoms with Gasteiger partial charge in [0.15, 0.2) is 0 Å². The van der Waals surface area contributed by atoms with Crippen LogP contribution in [0.5, 0.6) is 0 Å². The lowest BCUT2D eigenvalue weighted by atomic mass is 10.1. The van der Waals surface area contributed by atoms with Crippen LogP contribution in [0.1, 0.15) is 18.4 Å². The summed E-state index contributed by atoms with van der Waals surface area (Å²) in [5, 5.41) is 0. The Kier molecular flexibility index (Phi) is 3.95. The Morgan fingerprint density at radius 1 is 1.38 bits per heavy atom. The Morgan fingerprint density at radius 2 is 2.06 bits per heavy atom. The summed E-state index contributed by atoms with van der Waals surface area (Å²) in [7, 11) is 0. The average Bonchev–Trinajstić information content (AvgIpc) is 2.27. The molecule has 0 saturated carbocycles. The van der Waals surface area contributed by atoms with Crippen molar-refractivity contribution in [2.75, 3.05) is 13.1 Å². The van der Waals surface area contributed by atoms with Gasteiger partial charge in [-0.2, -0.15) is 0 Å². The average molecular weight is 287 g/mol. The maximum Gasteiger partial charge on any atom is 0.123 e. The molecule has 0 bridgehead atoms. The zero-order chi connectivity index (χ0) is 11.5. The predicted molar refractivity (Wildman–Crippen MR) is 66.6 cm³/mol. The van der Waals surface area contributed by atoms with Gasteiger partial charge in [0.05, 0.1) is 0 Å². The third-order valence-corrected chi connectivity index (χ3v) is 3.81. The van der Waals surface area contributed by atoms with E-state index in [0.29, 0.717) is 6.04 Å². The van der Waals surface area contributed by atoms with E-state index in [2.05, 4.69) is 20.8 Å².